The number of aryl methyl sites for hydroxylation is 1. The lowest BCUT2D eigenvalue weighted by atomic mass is 10.1. The number of hydrogen-bond donors (Lipinski definition) is 1. The van der Waals surface area contributed by atoms with Gasteiger partial charge in [0.1, 0.15) is 5.75 Å². The average molecular weight is 299 g/mol. The van der Waals surface area contributed by atoms with E-state index in [9.17, 15) is 13.5 Å². The zero-order chi connectivity index (χ0) is 14.8. The van der Waals surface area contributed by atoms with Crippen LogP contribution in [-0.2, 0) is 22.6 Å². The zero-order valence-corrected chi connectivity index (χ0v) is 12.2. The highest BCUT2D eigenvalue weighted by molar-refractivity contribution is 7.91. The summed E-state index contributed by atoms with van der Waals surface area (Å²) in [5.41, 5.74) is 3.34. The molecule has 0 spiro atoms. The minimum atomic E-state index is -3.34. The Balaban J connectivity index is 2.22. The minimum Gasteiger partial charge on any atom is -0.508 e. The van der Waals surface area contributed by atoms with E-state index in [2.05, 4.69) is 0 Å². The monoisotopic (exact) mass is 299 g/mol. The Morgan fingerprint density at radius 1 is 1.14 bits per heavy atom. The number of aromatic hydroxyl groups is 1. The first-order valence-electron chi connectivity index (χ1n) is 6.61. The summed E-state index contributed by atoms with van der Waals surface area (Å²) in [5, 5.41) is 10.5. The lowest BCUT2D eigenvalue weighted by Crippen LogP contribution is -2.13. The van der Waals surface area contributed by atoms with E-state index in [1.807, 2.05) is 29.8 Å². The van der Waals surface area contributed by atoms with Crippen molar-refractivity contribution in [1.29, 1.82) is 0 Å². The molecular formula is C16H13NO3S. The molecule has 1 aromatic heterocycles. The van der Waals surface area contributed by atoms with Gasteiger partial charge in [-0.25, -0.2) is 8.42 Å². The molecule has 0 atom stereocenters. The third-order valence-electron chi connectivity index (χ3n) is 4.10. The maximum Gasteiger partial charge on any atom is 0.183 e. The van der Waals surface area contributed by atoms with E-state index < -0.39 is 9.84 Å². The summed E-state index contributed by atoms with van der Waals surface area (Å²) >= 11 is 0. The van der Waals surface area contributed by atoms with Crippen molar-refractivity contribution in [2.45, 2.75) is 10.6 Å². The van der Waals surface area contributed by atoms with Crippen molar-refractivity contribution < 1.29 is 13.5 Å². The molecule has 0 bridgehead atoms. The van der Waals surface area contributed by atoms with Crippen LogP contribution < -0.4 is 0 Å². The van der Waals surface area contributed by atoms with E-state index in [1.165, 1.54) is 0 Å². The van der Waals surface area contributed by atoms with Crippen molar-refractivity contribution in [3.05, 3.63) is 48.0 Å². The topological polar surface area (TPSA) is 59.3 Å². The van der Waals surface area contributed by atoms with E-state index in [1.54, 1.807) is 24.3 Å². The number of hydrogen-bond acceptors (Lipinski definition) is 3. The molecule has 3 aromatic rings. The molecule has 0 fully saturated rings. The van der Waals surface area contributed by atoms with Gasteiger partial charge in [-0.1, -0.05) is 18.2 Å². The van der Waals surface area contributed by atoms with Crippen LogP contribution in [0.1, 0.15) is 5.56 Å². The molecule has 4 rings (SSSR count). The van der Waals surface area contributed by atoms with Gasteiger partial charge in [-0.2, -0.15) is 0 Å². The highest BCUT2D eigenvalue weighted by Gasteiger charge is 2.31. The van der Waals surface area contributed by atoms with Crippen molar-refractivity contribution in [2.75, 3.05) is 0 Å². The molecule has 0 unspecified atom stereocenters. The molecule has 2 aromatic carbocycles. The van der Waals surface area contributed by atoms with Crippen LogP contribution in [0.2, 0.25) is 0 Å². The van der Waals surface area contributed by atoms with Crippen LogP contribution in [0.3, 0.4) is 0 Å². The van der Waals surface area contributed by atoms with Gasteiger partial charge in [-0.05, 0) is 24.3 Å². The van der Waals surface area contributed by atoms with Gasteiger partial charge in [-0.3, -0.25) is 0 Å². The molecule has 2 heterocycles. The van der Waals surface area contributed by atoms with Crippen LogP contribution in [0.5, 0.6) is 5.75 Å². The van der Waals surface area contributed by atoms with Crippen LogP contribution >= 0.6 is 0 Å². The standard InChI is InChI=1S/C16H13NO3S/c1-17-14-7-6-10(18)8-12(14)13-9-21(19,20)15-5-3-2-4-11(15)16(13)17/h2-8,18H,9H2,1H3. The quantitative estimate of drug-likeness (QED) is 0.694. The summed E-state index contributed by atoms with van der Waals surface area (Å²) in [6.45, 7) is 0. The second kappa shape index (κ2) is 3.89. The lowest BCUT2D eigenvalue weighted by Gasteiger charge is -2.18. The Hall–Kier alpha value is -2.27. The summed E-state index contributed by atoms with van der Waals surface area (Å²) in [6.07, 6.45) is 0. The molecule has 1 aliphatic heterocycles. The van der Waals surface area contributed by atoms with Crippen LogP contribution in [-0.4, -0.2) is 18.1 Å². The minimum absolute atomic E-state index is 0.0276. The number of rotatable bonds is 0. The van der Waals surface area contributed by atoms with Crippen LogP contribution in [0.15, 0.2) is 47.4 Å². The fraction of sp³-hybridized carbons (Fsp3) is 0.125. The van der Waals surface area contributed by atoms with Crippen molar-refractivity contribution in [1.82, 2.24) is 4.57 Å². The molecule has 0 saturated carbocycles. The largest absolute Gasteiger partial charge is 0.508 e. The van der Waals surface area contributed by atoms with Crippen molar-refractivity contribution in [2.24, 2.45) is 7.05 Å². The molecule has 0 saturated heterocycles. The molecule has 106 valence electrons. The second-order valence-corrected chi connectivity index (χ2v) is 7.30. The molecule has 0 aliphatic carbocycles. The molecule has 1 aliphatic rings. The van der Waals surface area contributed by atoms with E-state index in [4.69, 9.17) is 0 Å². The van der Waals surface area contributed by atoms with Gasteiger partial charge in [0.05, 0.1) is 16.3 Å². The molecule has 1 N–H and O–H groups in total. The van der Waals surface area contributed by atoms with Crippen LogP contribution in [0.4, 0.5) is 0 Å². The van der Waals surface area contributed by atoms with E-state index in [-0.39, 0.29) is 11.5 Å². The molecule has 21 heavy (non-hydrogen) atoms. The third kappa shape index (κ3) is 1.58. The second-order valence-electron chi connectivity index (χ2n) is 5.34. The number of fused-ring (bicyclic) bond motifs is 5. The summed E-state index contributed by atoms with van der Waals surface area (Å²) in [5.74, 6) is 0.118. The highest BCUT2D eigenvalue weighted by atomic mass is 32.2. The van der Waals surface area contributed by atoms with E-state index in [0.717, 1.165) is 27.7 Å². The fourth-order valence-electron chi connectivity index (χ4n) is 3.20. The molecule has 0 amide bonds. The number of nitrogens with zero attached hydrogens (tertiary/aromatic N) is 1. The van der Waals surface area contributed by atoms with Crippen molar-refractivity contribution in [3.8, 4) is 17.0 Å². The molecule has 0 radical (unpaired) electrons. The van der Waals surface area contributed by atoms with Gasteiger partial charge in [0.25, 0.3) is 0 Å². The highest BCUT2D eigenvalue weighted by Crippen LogP contribution is 2.43. The first kappa shape index (κ1) is 12.5. The predicted molar refractivity (Wildman–Crippen MR) is 80.9 cm³/mol. The first-order valence-corrected chi connectivity index (χ1v) is 8.27. The number of sulfone groups is 1. The van der Waals surface area contributed by atoms with Crippen LogP contribution in [0.25, 0.3) is 22.2 Å². The predicted octanol–water partition coefficient (Wildman–Crippen LogP) is 2.84. The normalized spacial score (nSPS) is 15.7. The first-order chi connectivity index (χ1) is 9.99. The van der Waals surface area contributed by atoms with E-state index >= 15 is 0 Å². The van der Waals surface area contributed by atoms with Gasteiger partial charge < -0.3 is 9.67 Å². The maximum atomic E-state index is 12.5. The Morgan fingerprint density at radius 3 is 2.71 bits per heavy atom. The van der Waals surface area contributed by atoms with Crippen molar-refractivity contribution >= 4 is 20.7 Å². The SMILES string of the molecule is Cn1c2c(c3cc(O)ccc31)CS(=O)(=O)c1ccccc1-2. The number of aromatic nitrogens is 1. The van der Waals surface area contributed by atoms with Crippen LogP contribution in [0, 0.1) is 0 Å². The fourth-order valence-corrected chi connectivity index (χ4v) is 4.81. The van der Waals surface area contributed by atoms with Crippen molar-refractivity contribution in [3.63, 3.8) is 0 Å². The van der Waals surface area contributed by atoms with Gasteiger partial charge in [-0.15, -0.1) is 0 Å². The summed E-state index contributed by atoms with van der Waals surface area (Å²) in [4.78, 5) is 0.382. The molecule has 4 nitrogen and oxygen atoms in total. The van der Waals surface area contributed by atoms with Gasteiger partial charge >= 0.3 is 0 Å². The van der Waals surface area contributed by atoms with Gasteiger partial charge in [0.2, 0.25) is 0 Å². The average Bonchev–Trinajstić information content (AvgIpc) is 2.71. The Morgan fingerprint density at radius 2 is 1.90 bits per heavy atom. The summed E-state index contributed by atoms with van der Waals surface area (Å²) in [7, 11) is -1.42. The molecule has 5 heteroatoms. The number of phenols is 1. The number of phenolic OH excluding ortho intramolecular Hbond substituents is 1. The lowest BCUT2D eigenvalue weighted by molar-refractivity contribution is 0.476. The smallest absolute Gasteiger partial charge is 0.183 e. The zero-order valence-electron chi connectivity index (χ0n) is 11.4. The Bertz CT molecular complexity index is 1000. The Kier molecular flexibility index (Phi) is 2.31. The summed E-state index contributed by atoms with van der Waals surface area (Å²) in [6, 6.07) is 12.2. The van der Waals surface area contributed by atoms with Gasteiger partial charge in [0, 0.05) is 29.1 Å². The number of benzene rings is 2. The third-order valence-corrected chi connectivity index (χ3v) is 5.79. The van der Waals surface area contributed by atoms with E-state index in [0.29, 0.717) is 4.90 Å². The molecular weight excluding hydrogens is 286 g/mol. The maximum absolute atomic E-state index is 12.5. The van der Waals surface area contributed by atoms with Gasteiger partial charge in [0.15, 0.2) is 9.84 Å². The Labute approximate surface area is 122 Å². The summed E-state index contributed by atoms with van der Waals surface area (Å²) < 4.78 is 27.0.